The molecular formula is C20H28N2O4. The highest BCUT2D eigenvalue weighted by molar-refractivity contribution is 5.94. The molecule has 0 spiro atoms. The highest BCUT2D eigenvalue weighted by Crippen LogP contribution is 2.29. The molecule has 0 radical (unpaired) electrons. The normalized spacial score (nSPS) is 25.8. The maximum atomic E-state index is 13.2. The van der Waals surface area contributed by atoms with E-state index in [1.165, 1.54) is 12.1 Å². The first-order chi connectivity index (χ1) is 12.5. The Morgan fingerprint density at radius 1 is 1.23 bits per heavy atom. The number of amides is 1. The highest BCUT2D eigenvalue weighted by Gasteiger charge is 2.32. The number of carbonyl (C=O) groups excluding carboxylic acids is 1. The van der Waals surface area contributed by atoms with Crippen LogP contribution in [0, 0.1) is 12.8 Å². The SMILES string of the molecule is Cc1nc(C(=O)N(CC2CCCO2)C2CCC(C)CC2)ccc1C(=O)O. The van der Waals surface area contributed by atoms with Crippen molar-refractivity contribution in [2.24, 2.45) is 5.92 Å². The number of aromatic carboxylic acids is 1. The number of aryl methyl sites for hydroxylation is 1. The average Bonchev–Trinajstić information content (AvgIpc) is 3.13. The van der Waals surface area contributed by atoms with Crippen LogP contribution in [0.1, 0.15) is 72.0 Å². The fourth-order valence-electron chi connectivity index (χ4n) is 4.01. The molecule has 1 aliphatic carbocycles. The lowest BCUT2D eigenvalue weighted by molar-refractivity contribution is 0.0337. The lowest BCUT2D eigenvalue weighted by atomic mass is 9.86. The van der Waals surface area contributed by atoms with Gasteiger partial charge in [0.15, 0.2) is 0 Å². The molecule has 2 fully saturated rings. The molecule has 1 aromatic heterocycles. The van der Waals surface area contributed by atoms with Gasteiger partial charge >= 0.3 is 5.97 Å². The molecule has 1 N–H and O–H groups in total. The summed E-state index contributed by atoms with van der Waals surface area (Å²) in [6.07, 6.45) is 6.39. The van der Waals surface area contributed by atoms with Gasteiger partial charge in [0.1, 0.15) is 5.69 Å². The number of pyridine rings is 1. The second kappa shape index (κ2) is 8.16. The molecule has 6 nitrogen and oxygen atoms in total. The number of rotatable bonds is 5. The van der Waals surface area contributed by atoms with Gasteiger partial charge in [-0.3, -0.25) is 4.79 Å². The van der Waals surface area contributed by atoms with Crippen LogP contribution < -0.4 is 0 Å². The molecule has 26 heavy (non-hydrogen) atoms. The monoisotopic (exact) mass is 360 g/mol. The van der Waals surface area contributed by atoms with Crippen molar-refractivity contribution < 1.29 is 19.4 Å². The van der Waals surface area contributed by atoms with Gasteiger partial charge in [0, 0.05) is 19.2 Å². The molecule has 0 bridgehead atoms. The molecule has 142 valence electrons. The van der Waals surface area contributed by atoms with Crippen molar-refractivity contribution in [1.29, 1.82) is 0 Å². The van der Waals surface area contributed by atoms with E-state index in [9.17, 15) is 14.7 Å². The number of carboxylic acid groups (broad SMARTS) is 1. The summed E-state index contributed by atoms with van der Waals surface area (Å²) >= 11 is 0. The van der Waals surface area contributed by atoms with Crippen LogP contribution in [-0.4, -0.2) is 52.2 Å². The van der Waals surface area contributed by atoms with Gasteiger partial charge in [0.2, 0.25) is 0 Å². The van der Waals surface area contributed by atoms with Crippen LogP contribution in [0.15, 0.2) is 12.1 Å². The number of aromatic nitrogens is 1. The van der Waals surface area contributed by atoms with Crippen LogP contribution in [-0.2, 0) is 4.74 Å². The van der Waals surface area contributed by atoms with Gasteiger partial charge in [0.05, 0.1) is 17.4 Å². The van der Waals surface area contributed by atoms with Crippen molar-refractivity contribution >= 4 is 11.9 Å². The highest BCUT2D eigenvalue weighted by atomic mass is 16.5. The number of nitrogens with zero attached hydrogens (tertiary/aromatic N) is 2. The molecule has 1 atom stereocenters. The minimum absolute atomic E-state index is 0.0951. The standard InChI is InChI=1S/C20H28N2O4/c1-13-5-7-15(8-6-13)22(12-16-4-3-11-26-16)19(23)18-10-9-17(20(24)25)14(2)21-18/h9-10,13,15-16H,3-8,11-12H2,1-2H3,(H,24,25). The van der Waals surface area contributed by atoms with E-state index in [2.05, 4.69) is 11.9 Å². The van der Waals surface area contributed by atoms with E-state index in [0.717, 1.165) is 45.1 Å². The summed E-state index contributed by atoms with van der Waals surface area (Å²) in [5.74, 6) is -0.423. The number of hydrogen-bond donors (Lipinski definition) is 1. The number of hydrogen-bond acceptors (Lipinski definition) is 4. The van der Waals surface area contributed by atoms with Crippen molar-refractivity contribution in [3.63, 3.8) is 0 Å². The summed E-state index contributed by atoms with van der Waals surface area (Å²) in [6, 6.07) is 3.22. The Balaban J connectivity index is 1.81. The van der Waals surface area contributed by atoms with Crippen LogP contribution in [0.25, 0.3) is 0 Å². The summed E-state index contributed by atoms with van der Waals surface area (Å²) < 4.78 is 5.76. The zero-order chi connectivity index (χ0) is 18.7. The molecular weight excluding hydrogens is 332 g/mol. The average molecular weight is 360 g/mol. The van der Waals surface area contributed by atoms with Gasteiger partial charge in [-0.1, -0.05) is 6.92 Å². The van der Waals surface area contributed by atoms with Crippen LogP contribution in [0.5, 0.6) is 0 Å². The van der Waals surface area contributed by atoms with Crippen molar-refractivity contribution in [2.75, 3.05) is 13.2 Å². The van der Waals surface area contributed by atoms with E-state index in [1.54, 1.807) is 6.92 Å². The zero-order valence-corrected chi connectivity index (χ0v) is 15.6. The Kier molecular flexibility index (Phi) is 5.91. The van der Waals surface area contributed by atoms with Crippen LogP contribution in [0.2, 0.25) is 0 Å². The molecule has 1 saturated carbocycles. The molecule has 3 rings (SSSR count). The topological polar surface area (TPSA) is 79.7 Å². The summed E-state index contributed by atoms with van der Waals surface area (Å²) in [7, 11) is 0. The first kappa shape index (κ1) is 18.8. The summed E-state index contributed by atoms with van der Waals surface area (Å²) in [5.41, 5.74) is 0.834. The van der Waals surface area contributed by atoms with E-state index < -0.39 is 5.97 Å². The van der Waals surface area contributed by atoms with Crippen molar-refractivity contribution in [3.05, 3.63) is 29.1 Å². The molecule has 1 unspecified atom stereocenters. The van der Waals surface area contributed by atoms with E-state index in [-0.39, 0.29) is 23.6 Å². The molecule has 2 heterocycles. The maximum Gasteiger partial charge on any atom is 0.337 e. The minimum Gasteiger partial charge on any atom is -0.478 e. The van der Waals surface area contributed by atoms with E-state index >= 15 is 0 Å². The number of ether oxygens (including phenoxy) is 1. The third-order valence-corrected chi connectivity index (χ3v) is 5.65. The first-order valence-electron chi connectivity index (χ1n) is 9.59. The predicted octanol–water partition coefficient (Wildman–Crippen LogP) is 3.29. The largest absolute Gasteiger partial charge is 0.478 e. The maximum absolute atomic E-state index is 13.2. The van der Waals surface area contributed by atoms with Crippen LogP contribution >= 0.6 is 0 Å². The molecule has 2 aliphatic rings. The van der Waals surface area contributed by atoms with E-state index in [0.29, 0.717) is 23.9 Å². The van der Waals surface area contributed by atoms with Crippen molar-refractivity contribution in [2.45, 2.75) is 64.5 Å². The molecule has 1 saturated heterocycles. The molecule has 0 aromatic carbocycles. The van der Waals surface area contributed by atoms with Crippen molar-refractivity contribution in [1.82, 2.24) is 9.88 Å². The third kappa shape index (κ3) is 4.23. The van der Waals surface area contributed by atoms with Crippen molar-refractivity contribution in [3.8, 4) is 0 Å². The summed E-state index contributed by atoms with van der Waals surface area (Å²) in [5, 5.41) is 9.17. The van der Waals surface area contributed by atoms with Crippen LogP contribution in [0.4, 0.5) is 0 Å². The Bertz CT molecular complexity index is 662. The lowest BCUT2D eigenvalue weighted by Gasteiger charge is -2.37. The van der Waals surface area contributed by atoms with Gasteiger partial charge in [0.25, 0.3) is 5.91 Å². The Morgan fingerprint density at radius 2 is 1.96 bits per heavy atom. The number of carboxylic acids is 1. The second-order valence-corrected chi connectivity index (χ2v) is 7.64. The van der Waals surface area contributed by atoms with E-state index in [4.69, 9.17) is 4.74 Å². The molecule has 1 aliphatic heterocycles. The van der Waals surface area contributed by atoms with Gasteiger partial charge in [-0.25, -0.2) is 9.78 Å². The van der Waals surface area contributed by atoms with E-state index in [1.807, 2.05) is 4.90 Å². The van der Waals surface area contributed by atoms with Gasteiger partial charge < -0.3 is 14.7 Å². The lowest BCUT2D eigenvalue weighted by Crippen LogP contribution is -2.46. The van der Waals surface area contributed by atoms with Crippen LogP contribution in [0.3, 0.4) is 0 Å². The fraction of sp³-hybridized carbons (Fsp3) is 0.650. The Hall–Kier alpha value is -1.95. The molecule has 6 heteroatoms. The third-order valence-electron chi connectivity index (χ3n) is 5.65. The quantitative estimate of drug-likeness (QED) is 0.871. The summed E-state index contributed by atoms with van der Waals surface area (Å²) in [4.78, 5) is 30.6. The second-order valence-electron chi connectivity index (χ2n) is 7.64. The fourth-order valence-corrected chi connectivity index (χ4v) is 4.01. The van der Waals surface area contributed by atoms with Gasteiger partial charge in [-0.05, 0) is 63.5 Å². The zero-order valence-electron chi connectivity index (χ0n) is 15.6. The number of carbonyl (C=O) groups is 2. The molecule has 1 amide bonds. The minimum atomic E-state index is -1.02. The smallest absolute Gasteiger partial charge is 0.337 e. The Labute approximate surface area is 154 Å². The first-order valence-corrected chi connectivity index (χ1v) is 9.59. The Morgan fingerprint density at radius 3 is 2.54 bits per heavy atom. The van der Waals surface area contributed by atoms with Gasteiger partial charge in [-0.15, -0.1) is 0 Å². The predicted molar refractivity (Wildman–Crippen MR) is 97.4 cm³/mol. The summed E-state index contributed by atoms with van der Waals surface area (Å²) in [6.45, 7) is 5.25. The van der Waals surface area contributed by atoms with Gasteiger partial charge in [-0.2, -0.15) is 0 Å². The molecule has 1 aromatic rings.